The topological polar surface area (TPSA) is 44.1 Å². The third kappa shape index (κ3) is 3.97. The normalized spacial score (nSPS) is 12.6. The van der Waals surface area contributed by atoms with Crippen LogP contribution in [-0.4, -0.2) is 15.3 Å². The molecule has 0 spiro atoms. The Hall–Kier alpha value is -2.88. The van der Waals surface area contributed by atoms with E-state index in [1.165, 1.54) is 0 Å². The molecule has 1 aromatic carbocycles. The summed E-state index contributed by atoms with van der Waals surface area (Å²) in [6, 6.07) is 17.3. The highest BCUT2D eigenvalue weighted by Crippen LogP contribution is 2.28. The van der Waals surface area contributed by atoms with E-state index in [-0.39, 0.29) is 5.78 Å². The summed E-state index contributed by atoms with van der Waals surface area (Å²) in [6.45, 7) is 5.70. The lowest BCUT2D eigenvalue weighted by Gasteiger charge is -2.26. The van der Waals surface area contributed by atoms with E-state index < -0.39 is 11.6 Å². The zero-order chi connectivity index (χ0) is 17.9. The summed E-state index contributed by atoms with van der Waals surface area (Å²) in [5.41, 5.74) is 1.31. The van der Waals surface area contributed by atoms with Gasteiger partial charge in [0.25, 0.3) is 0 Å². The van der Waals surface area contributed by atoms with Crippen LogP contribution >= 0.6 is 0 Å². The van der Waals surface area contributed by atoms with E-state index in [9.17, 15) is 4.79 Å². The first-order valence-electron chi connectivity index (χ1n) is 8.30. The van der Waals surface area contributed by atoms with E-state index in [4.69, 9.17) is 4.74 Å². The van der Waals surface area contributed by atoms with Crippen LogP contribution in [0.4, 0.5) is 0 Å². The van der Waals surface area contributed by atoms with Gasteiger partial charge in [-0.2, -0.15) is 0 Å². The highest BCUT2D eigenvalue weighted by Gasteiger charge is 2.32. The fraction of sp³-hybridized carbons (Fsp3) is 0.238. The number of carbonyl (C=O) groups is 1. The van der Waals surface area contributed by atoms with Crippen molar-refractivity contribution in [1.82, 2.24) is 9.55 Å². The highest BCUT2D eigenvalue weighted by atomic mass is 16.5. The second-order valence-electron chi connectivity index (χ2n) is 6.96. The number of aromatic nitrogens is 2. The van der Waals surface area contributed by atoms with Crippen LogP contribution in [0.1, 0.15) is 27.0 Å². The summed E-state index contributed by atoms with van der Waals surface area (Å²) < 4.78 is 7.87. The van der Waals surface area contributed by atoms with Gasteiger partial charge in [0, 0.05) is 35.6 Å². The molecule has 0 aliphatic carbocycles. The lowest BCUT2D eigenvalue weighted by atomic mass is 9.89. The van der Waals surface area contributed by atoms with Gasteiger partial charge in [-0.05, 0) is 18.2 Å². The van der Waals surface area contributed by atoms with Gasteiger partial charge in [-0.1, -0.05) is 51.1 Å². The first-order chi connectivity index (χ1) is 11.9. The molecular formula is C21H22N2O2. The Bertz CT molecular complexity index is 834. The molecule has 0 bridgehead atoms. The summed E-state index contributed by atoms with van der Waals surface area (Å²) in [4.78, 5) is 17.3. The summed E-state index contributed by atoms with van der Waals surface area (Å²) in [5, 5.41) is 0. The van der Waals surface area contributed by atoms with Crippen molar-refractivity contribution in [3.05, 3.63) is 73.2 Å². The Kier molecular flexibility index (Phi) is 4.70. The van der Waals surface area contributed by atoms with Gasteiger partial charge in [0.05, 0.1) is 5.69 Å². The van der Waals surface area contributed by atoms with Crippen LogP contribution in [0.5, 0.6) is 5.75 Å². The summed E-state index contributed by atoms with van der Waals surface area (Å²) in [7, 11) is 0. The Morgan fingerprint density at radius 2 is 1.72 bits per heavy atom. The number of ether oxygens (including phenoxy) is 1. The Morgan fingerprint density at radius 3 is 2.36 bits per heavy atom. The molecule has 0 radical (unpaired) electrons. The largest absolute Gasteiger partial charge is 0.463 e. The molecule has 4 heteroatoms. The molecule has 0 aliphatic rings. The number of Topliss-reactive ketones (excluding diaryl/α,β-unsaturated/α-hetero) is 1. The minimum Gasteiger partial charge on any atom is -0.463 e. The zero-order valence-corrected chi connectivity index (χ0v) is 14.7. The number of carbonyl (C=O) groups excluding carboxylic acids is 1. The molecule has 2 aromatic heterocycles. The molecule has 0 aliphatic heterocycles. The maximum Gasteiger partial charge on any atom is 0.235 e. The molecule has 1 unspecified atom stereocenters. The summed E-state index contributed by atoms with van der Waals surface area (Å²) in [6.07, 6.45) is 4.67. The minimum absolute atomic E-state index is 0.0155. The van der Waals surface area contributed by atoms with Gasteiger partial charge in [-0.15, -0.1) is 0 Å². The number of hydrogen-bond donors (Lipinski definition) is 0. The van der Waals surface area contributed by atoms with E-state index >= 15 is 0 Å². The molecule has 3 aromatic rings. The number of nitrogens with zero attached hydrogens (tertiary/aromatic N) is 2. The standard InChI is InChI=1S/C21H22N2O2/c1-21(2,3)19(24)20(23-13-7-8-14-23)25-17-11-12-22-18(15-17)16-9-5-4-6-10-16/h4-15,20H,1-3H3. The van der Waals surface area contributed by atoms with Crippen LogP contribution in [0.3, 0.4) is 0 Å². The molecule has 25 heavy (non-hydrogen) atoms. The Morgan fingerprint density at radius 1 is 1.04 bits per heavy atom. The van der Waals surface area contributed by atoms with Gasteiger partial charge in [-0.25, -0.2) is 0 Å². The van der Waals surface area contributed by atoms with Gasteiger partial charge >= 0.3 is 0 Å². The van der Waals surface area contributed by atoms with Gasteiger partial charge in [0.2, 0.25) is 6.23 Å². The van der Waals surface area contributed by atoms with Gasteiger partial charge in [-0.3, -0.25) is 9.78 Å². The SMILES string of the molecule is CC(C)(C)C(=O)C(Oc1ccnc(-c2ccccc2)c1)n1cccc1. The maximum atomic E-state index is 12.9. The zero-order valence-electron chi connectivity index (χ0n) is 14.7. The van der Waals surface area contributed by atoms with Crippen molar-refractivity contribution in [3.63, 3.8) is 0 Å². The van der Waals surface area contributed by atoms with Crippen LogP contribution in [0.2, 0.25) is 0 Å². The Labute approximate surface area is 148 Å². The fourth-order valence-corrected chi connectivity index (χ4v) is 2.50. The molecule has 2 heterocycles. The highest BCUT2D eigenvalue weighted by molar-refractivity contribution is 5.86. The second-order valence-corrected chi connectivity index (χ2v) is 6.96. The van der Waals surface area contributed by atoms with Crippen molar-refractivity contribution < 1.29 is 9.53 Å². The molecule has 128 valence electrons. The molecule has 3 rings (SSSR count). The number of rotatable bonds is 5. The third-order valence-electron chi connectivity index (χ3n) is 3.91. The lowest BCUT2D eigenvalue weighted by Crippen LogP contribution is -2.33. The Balaban J connectivity index is 1.91. The van der Waals surface area contributed by atoms with E-state index in [1.807, 2.05) is 81.7 Å². The number of benzene rings is 1. The van der Waals surface area contributed by atoms with Crippen molar-refractivity contribution in [1.29, 1.82) is 0 Å². The average Bonchev–Trinajstić information content (AvgIpc) is 3.14. The fourth-order valence-electron chi connectivity index (χ4n) is 2.50. The molecule has 1 atom stereocenters. The van der Waals surface area contributed by atoms with E-state index in [1.54, 1.807) is 16.8 Å². The predicted octanol–water partition coefficient (Wildman–Crippen LogP) is 4.74. The number of ketones is 1. The van der Waals surface area contributed by atoms with Crippen molar-refractivity contribution >= 4 is 5.78 Å². The first-order valence-corrected chi connectivity index (χ1v) is 8.30. The monoisotopic (exact) mass is 334 g/mol. The van der Waals surface area contributed by atoms with E-state index in [0.717, 1.165) is 11.3 Å². The maximum absolute atomic E-state index is 12.9. The summed E-state index contributed by atoms with van der Waals surface area (Å²) >= 11 is 0. The van der Waals surface area contributed by atoms with Crippen molar-refractivity contribution in [2.75, 3.05) is 0 Å². The van der Waals surface area contributed by atoms with Gasteiger partial charge < -0.3 is 9.30 Å². The molecule has 4 nitrogen and oxygen atoms in total. The smallest absolute Gasteiger partial charge is 0.235 e. The molecule has 0 saturated carbocycles. The number of hydrogen-bond acceptors (Lipinski definition) is 3. The van der Waals surface area contributed by atoms with Gasteiger partial charge in [0.15, 0.2) is 5.78 Å². The van der Waals surface area contributed by atoms with Crippen LogP contribution in [0.15, 0.2) is 73.2 Å². The quantitative estimate of drug-likeness (QED) is 0.677. The first kappa shape index (κ1) is 17.0. The lowest BCUT2D eigenvalue weighted by molar-refractivity contribution is -0.137. The van der Waals surface area contributed by atoms with Crippen molar-refractivity contribution in [2.24, 2.45) is 5.41 Å². The average molecular weight is 334 g/mol. The number of pyridine rings is 1. The van der Waals surface area contributed by atoms with Crippen LogP contribution in [0.25, 0.3) is 11.3 Å². The van der Waals surface area contributed by atoms with Crippen LogP contribution in [-0.2, 0) is 4.79 Å². The van der Waals surface area contributed by atoms with E-state index in [2.05, 4.69) is 4.98 Å². The molecular weight excluding hydrogens is 312 g/mol. The van der Waals surface area contributed by atoms with E-state index in [0.29, 0.717) is 5.75 Å². The molecule has 0 saturated heterocycles. The molecule has 0 amide bonds. The minimum atomic E-state index is -0.707. The summed E-state index contributed by atoms with van der Waals surface area (Å²) in [5.74, 6) is 0.631. The second kappa shape index (κ2) is 6.93. The van der Waals surface area contributed by atoms with Crippen molar-refractivity contribution in [3.8, 4) is 17.0 Å². The molecule has 0 N–H and O–H groups in total. The predicted molar refractivity (Wildman–Crippen MR) is 98.2 cm³/mol. The van der Waals surface area contributed by atoms with Crippen LogP contribution in [0, 0.1) is 5.41 Å². The third-order valence-corrected chi connectivity index (χ3v) is 3.91. The van der Waals surface area contributed by atoms with Crippen molar-refractivity contribution in [2.45, 2.75) is 27.0 Å². The van der Waals surface area contributed by atoms with Gasteiger partial charge in [0.1, 0.15) is 5.75 Å². The van der Waals surface area contributed by atoms with Crippen LogP contribution < -0.4 is 4.74 Å². The molecule has 0 fully saturated rings.